The van der Waals surface area contributed by atoms with Crippen LogP contribution < -0.4 is 10.9 Å². The van der Waals surface area contributed by atoms with Crippen molar-refractivity contribution in [1.82, 2.24) is 20.3 Å². The van der Waals surface area contributed by atoms with Gasteiger partial charge in [-0.15, -0.1) is 0 Å². The SMILES string of the molecule is O=c1[nH]cnc2c(CNCCO)c[nH]c12. The van der Waals surface area contributed by atoms with Crippen molar-refractivity contribution in [1.29, 1.82) is 0 Å². The van der Waals surface area contributed by atoms with Gasteiger partial charge in [-0.25, -0.2) is 4.98 Å². The van der Waals surface area contributed by atoms with Gasteiger partial charge in [0.2, 0.25) is 0 Å². The largest absolute Gasteiger partial charge is 0.395 e. The van der Waals surface area contributed by atoms with Crippen LogP contribution in [0.15, 0.2) is 17.3 Å². The summed E-state index contributed by atoms with van der Waals surface area (Å²) in [5, 5.41) is 11.6. The summed E-state index contributed by atoms with van der Waals surface area (Å²) >= 11 is 0. The molecule has 2 heterocycles. The van der Waals surface area contributed by atoms with Crippen molar-refractivity contribution in [2.45, 2.75) is 6.54 Å². The van der Waals surface area contributed by atoms with Crippen molar-refractivity contribution >= 4 is 11.0 Å². The van der Waals surface area contributed by atoms with Crippen LogP contribution in [0.5, 0.6) is 0 Å². The molecule has 6 heteroatoms. The van der Waals surface area contributed by atoms with Gasteiger partial charge in [0, 0.05) is 24.8 Å². The van der Waals surface area contributed by atoms with E-state index in [-0.39, 0.29) is 12.2 Å². The molecule has 80 valence electrons. The molecule has 0 fully saturated rings. The van der Waals surface area contributed by atoms with Crippen molar-refractivity contribution in [2.24, 2.45) is 0 Å². The highest BCUT2D eigenvalue weighted by atomic mass is 16.3. The minimum absolute atomic E-state index is 0.0936. The third kappa shape index (κ3) is 1.90. The minimum atomic E-state index is -0.173. The van der Waals surface area contributed by atoms with Crippen LogP contribution in [0.2, 0.25) is 0 Å². The van der Waals surface area contributed by atoms with Gasteiger partial charge >= 0.3 is 0 Å². The van der Waals surface area contributed by atoms with Gasteiger partial charge in [-0.1, -0.05) is 0 Å². The zero-order chi connectivity index (χ0) is 10.7. The van der Waals surface area contributed by atoms with Crippen LogP contribution in [-0.4, -0.2) is 33.2 Å². The Bertz CT molecular complexity index is 502. The van der Waals surface area contributed by atoms with E-state index in [1.807, 2.05) is 0 Å². The maximum Gasteiger partial charge on any atom is 0.275 e. The molecular weight excluding hydrogens is 196 g/mol. The highest BCUT2D eigenvalue weighted by Gasteiger charge is 2.06. The predicted octanol–water partition coefficient (Wildman–Crippen LogP) is -0.667. The van der Waals surface area contributed by atoms with Gasteiger partial charge in [0.15, 0.2) is 0 Å². The minimum Gasteiger partial charge on any atom is -0.395 e. The van der Waals surface area contributed by atoms with Crippen molar-refractivity contribution in [3.8, 4) is 0 Å². The maximum atomic E-state index is 11.3. The summed E-state index contributed by atoms with van der Waals surface area (Å²) in [7, 11) is 0. The molecule has 0 atom stereocenters. The first-order valence-corrected chi connectivity index (χ1v) is 4.68. The molecule has 0 saturated heterocycles. The number of H-pyrrole nitrogens is 2. The highest BCUT2D eigenvalue weighted by Crippen LogP contribution is 2.10. The summed E-state index contributed by atoms with van der Waals surface area (Å²) in [5.41, 5.74) is 1.90. The number of aliphatic hydroxyl groups is 1. The summed E-state index contributed by atoms with van der Waals surface area (Å²) in [6.45, 7) is 1.20. The number of aliphatic hydroxyl groups excluding tert-OH is 1. The lowest BCUT2D eigenvalue weighted by Gasteiger charge is -1.99. The van der Waals surface area contributed by atoms with Crippen molar-refractivity contribution < 1.29 is 5.11 Å². The number of hydrogen-bond acceptors (Lipinski definition) is 4. The molecule has 2 aromatic rings. The van der Waals surface area contributed by atoms with Crippen molar-refractivity contribution in [2.75, 3.05) is 13.2 Å². The number of nitrogens with one attached hydrogen (secondary N) is 3. The van der Waals surface area contributed by atoms with E-state index in [9.17, 15) is 4.79 Å². The van der Waals surface area contributed by atoms with Gasteiger partial charge in [0.05, 0.1) is 18.5 Å². The summed E-state index contributed by atoms with van der Waals surface area (Å²) in [4.78, 5) is 20.8. The molecule has 15 heavy (non-hydrogen) atoms. The molecule has 0 saturated carbocycles. The normalized spacial score (nSPS) is 11.0. The molecule has 0 amide bonds. The molecule has 0 aliphatic carbocycles. The molecule has 6 nitrogen and oxygen atoms in total. The van der Waals surface area contributed by atoms with Crippen molar-refractivity contribution in [3.05, 3.63) is 28.4 Å². The standard InChI is InChI=1S/C9H12N4O2/c14-2-1-10-3-6-4-11-8-7(6)12-5-13-9(8)15/h4-5,10-11,14H,1-3H2,(H,12,13,15). The second-order valence-electron chi connectivity index (χ2n) is 3.17. The molecule has 2 rings (SSSR count). The third-order valence-corrected chi connectivity index (χ3v) is 2.15. The number of fused-ring (bicyclic) bond motifs is 1. The number of nitrogens with zero attached hydrogens (tertiary/aromatic N) is 1. The molecule has 0 aliphatic heterocycles. The second kappa shape index (κ2) is 4.24. The molecule has 0 radical (unpaired) electrons. The third-order valence-electron chi connectivity index (χ3n) is 2.15. The second-order valence-corrected chi connectivity index (χ2v) is 3.17. The van der Waals surface area contributed by atoms with Gasteiger partial charge in [-0.05, 0) is 0 Å². The van der Waals surface area contributed by atoms with Crippen LogP contribution in [0.1, 0.15) is 5.56 Å². The fourth-order valence-corrected chi connectivity index (χ4v) is 1.44. The maximum absolute atomic E-state index is 11.3. The fourth-order valence-electron chi connectivity index (χ4n) is 1.44. The first-order chi connectivity index (χ1) is 7.33. The molecule has 4 N–H and O–H groups in total. The van der Waals surface area contributed by atoms with Gasteiger partial charge < -0.3 is 20.4 Å². The molecular formula is C9H12N4O2. The van der Waals surface area contributed by atoms with E-state index in [1.54, 1.807) is 6.20 Å². The van der Waals surface area contributed by atoms with Gasteiger partial charge in [-0.2, -0.15) is 0 Å². The van der Waals surface area contributed by atoms with Gasteiger partial charge in [-0.3, -0.25) is 4.79 Å². The van der Waals surface area contributed by atoms with Gasteiger partial charge in [0.1, 0.15) is 5.52 Å². The smallest absolute Gasteiger partial charge is 0.275 e. The van der Waals surface area contributed by atoms with Crippen LogP contribution in [0, 0.1) is 0 Å². The van der Waals surface area contributed by atoms with Crippen LogP contribution in [0.4, 0.5) is 0 Å². The predicted molar refractivity (Wildman–Crippen MR) is 55.5 cm³/mol. The molecule has 0 bridgehead atoms. The topological polar surface area (TPSA) is 93.8 Å². The van der Waals surface area contributed by atoms with Crippen molar-refractivity contribution in [3.63, 3.8) is 0 Å². The number of rotatable bonds is 4. The first-order valence-electron chi connectivity index (χ1n) is 4.68. The Morgan fingerprint density at radius 2 is 2.33 bits per heavy atom. The molecule has 0 spiro atoms. The van der Waals surface area contributed by atoms with E-state index >= 15 is 0 Å². The average Bonchev–Trinajstić information content (AvgIpc) is 2.64. The zero-order valence-corrected chi connectivity index (χ0v) is 8.08. The Hall–Kier alpha value is -1.66. The molecule has 0 aliphatic rings. The quantitative estimate of drug-likeness (QED) is 0.501. The van der Waals surface area contributed by atoms with Crippen LogP contribution >= 0.6 is 0 Å². The van der Waals surface area contributed by atoms with Gasteiger partial charge in [0.25, 0.3) is 5.56 Å². The molecule has 0 unspecified atom stereocenters. The lowest BCUT2D eigenvalue weighted by atomic mass is 10.3. The lowest BCUT2D eigenvalue weighted by molar-refractivity contribution is 0.292. The summed E-state index contributed by atoms with van der Waals surface area (Å²) in [6, 6.07) is 0. The lowest BCUT2D eigenvalue weighted by Crippen LogP contribution is -2.17. The van der Waals surface area contributed by atoms with E-state index < -0.39 is 0 Å². The molecule has 2 aromatic heterocycles. The zero-order valence-electron chi connectivity index (χ0n) is 8.08. The Morgan fingerprint density at radius 3 is 3.13 bits per heavy atom. The Morgan fingerprint density at radius 1 is 1.47 bits per heavy atom. The average molecular weight is 208 g/mol. The van der Waals surface area contributed by atoms with E-state index in [4.69, 9.17) is 5.11 Å². The van der Waals surface area contributed by atoms with E-state index in [2.05, 4.69) is 20.3 Å². The number of aromatic amines is 2. The Labute approximate surface area is 85.4 Å². The monoisotopic (exact) mass is 208 g/mol. The van der Waals surface area contributed by atoms with E-state index in [1.165, 1.54) is 6.33 Å². The first kappa shape index (κ1) is 9.88. The number of hydrogen-bond donors (Lipinski definition) is 4. The summed E-state index contributed by atoms with van der Waals surface area (Å²) in [6.07, 6.45) is 3.13. The summed E-state index contributed by atoms with van der Waals surface area (Å²) < 4.78 is 0. The summed E-state index contributed by atoms with van der Waals surface area (Å²) in [5.74, 6) is 0. The van der Waals surface area contributed by atoms with E-state index in [0.29, 0.717) is 24.1 Å². The Balaban J connectivity index is 2.29. The van der Waals surface area contributed by atoms with Crippen LogP contribution in [0.3, 0.4) is 0 Å². The fraction of sp³-hybridized carbons (Fsp3) is 0.333. The number of aromatic nitrogens is 3. The van der Waals surface area contributed by atoms with E-state index in [0.717, 1.165) is 5.56 Å². The Kier molecular flexibility index (Phi) is 2.79. The highest BCUT2D eigenvalue weighted by molar-refractivity contribution is 5.77. The molecule has 0 aromatic carbocycles. The van der Waals surface area contributed by atoms with Crippen LogP contribution in [0.25, 0.3) is 11.0 Å². The van der Waals surface area contributed by atoms with Crippen LogP contribution in [-0.2, 0) is 6.54 Å².